The SMILES string of the molecule is Cc1ccc(O)c(CNCC2CCCC(C)C2)n1. The highest BCUT2D eigenvalue weighted by Gasteiger charge is 2.18. The molecule has 1 fully saturated rings. The van der Waals surface area contributed by atoms with Crippen molar-refractivity contribution in [2.24, 2.45) is 11.8 Å². The van der Waals surface area contributed by atoms with Crippen molar-refractivity contribution in [2.45, 2.75) is 46.1 Å². The maximum atomic E-state index is 9.71. The van der Waals surface area contributed by atoms with Crippen molar-refractivity contribution in [1.29, 1.82) is 0 Å². The summed E-state index contributed by atoms with van der Waals surface area (Å²) in [4.78, 5) is 4.36. The number of nitrogens with one attached hydrogen (secondary N) is 1. The second kappa shape index (κ2) is 6.19. The van der Waals surface area contributed by atoms with Crippen LogP contribution < -0.4 is 5.32 Å². The molecule has 100 valence electrons. The molecule has 1 aromatic rings. The minimum Gasteiger partial charge on any atom is -0.506 e. The molecule has 0 amide bonds. The summed E-state index contributed by atoms with van der Waals surface area (Å²) in [5, 5.41) is 13.1. The first-order valence-corrected chi connectivity index (χ1v) is 7.01. The summed E-state index contributed by atoms with van der Waals surface area (Å²) in [5.41, 5.74) is 1.72. The zero-order chi connectivity index (χ0) is 13.0. The fourth-order valence-corrected chi connectivity index (χ4v) is 2.87. The van der Waals surface area contributed by atoms with E-state index in [0.29, 0.717) is 12.3 Å². The summed E-state index contributed by atoms with van der Waals surface area (Å²) in [6, 6.07) is 3.56. The van der Waals surface area contributed by atoms with E-state index in [-0.39, 0.29) is 0 Å². The second-order valence-electron chi connectivity index (χ2n) is 5.69. The van der Waals surface area contributed by atoms with Gasteiger partial charge in [0.05, 0.1) is 5.69 Å². The fourth-order valence-electron chi connectivity index (χ4n) is 2.87. The highest BCUT2D eigenvalue weighted by atomic mass is 16.3. The maximum Gasteiger partial charge on any atom is 0.138 e. The third-order valence-electron chi connectivity index (χ3n) is 3.86. The molecule has 3 heteroatoms. The van der Waals surface area contributed by atoms with Crippen LogP contribution in [0.3, 0.4) is 0 Å². The lowest BCUT2D eigenvalue weighted by molar-refractivity contribution is 0.273. The molecule has 2 N–H and O–H groups in total. The van der Waals surface area contributed by atoms with Crippen molar-refractivity contribution in [3.05, 3.63) is 23.5 Å². The summed E-state index contributed by atoms with van der Waals surface area (Å²) in [6.07, 6.45) is 5.42. The van der Waals surface area contributed by atoms with Gasteiger partial charge >= 0.3 is 0 Å². The average molecular weight is 248 g/mol. The van der Waals surface area contributed by atoms with Gasteiger partial charge in [0.15, 0.2) is 0 Å². The number of aromatic nitrogens is 1. The second-order valence-corrected chi connectivity index (χ2v) is 5.69. The number of aryl methyl sites for hydroxylation is 1. The molecule has 0 aromatic carbocycles. The first kappa shape index (κ1) is 13.3. The smallest absolute Gasteiger partial charge is 0.138 e. The molecule has 3 nitrogen and oxygen atoms in total. The topological polar surface area (TPSA) is 45.1 Å². The quantitative estimate of drug-likeness (QED) is 0.861. The summed E-state index contributed by atoms with van der Waals surface area (Å²) in [6.45, 7) is 6.00. The molecule has 0 spiro atoms. The molecule has 2 atom stereocenters. The van der Waals surface area contributed by atoms with Crippen LogP contribution in [-0.4, -0.2) is 16.6 Å². The zero-order valence-electron chi connectivity index (χ0n) is 11.4. The van der Waals surface area contributed by atoms with E-state index in [4.69, 9.17) is 0 Å². The van der Waals surface area contributed by atoms with Crippen molar-refractivity contribution in [2.75, 3.05) is 6.54 Å². The molecule has 0 saturated heterocycles. The van der Waals surface area contributed by atoms with Crippen LogP contribution in [-0.2, 0) is 6.54 Å². The molecule has 1 aromatic heterocycles. The van der Waals surface area contributed by atoms with Gasteiger partial charge in [0.1, 0.15) is 5.75 Å². The van der Waals surface area contributed by atoms with Gasteiger partial charge in [-0.1, -0.05) is 19.8 Å². The van der Waals surface area contributed by atoms with E-state index < -0.39 is 0 Å². The third-order valence-corrected chi connectivity index (χ3v) is 3.86. The Balaban J connectivity index is 1.79. The number of rotatable bonds is 4. The fraction of sp³-hybridized carbons (Fsp3) is 0.667. The Hall–Kier alpha value is -1.09. The summed E-state index contributed by atoms with van der Waals surface area (Å²) in [7, 11) is 0. The van der Waals surface area contributed by atoms with Crippen LogP contribution in [0.15, 0.2) is 12.1 Å². The van der Waals surface area contributed by atoms with E-state index in [9.17, 15) is 5.11 Å². The molecular weight excluding hydrogens is 224 g/mol. The van der Waals surface area contributed by atoms with Crippen molar-refractivity contribution in [3.8, 4) is 5.75 Å². The van der Waals surface area contributed by atoms with Gasteiger partial charge in [0, 0.05) is 12.2 Å². The Bertz CT molecular complexity index is 392. The number of pyridine rings is 1. The van der Waals surface area contributed by atoms with Crippen LogP contribution in [0.5, 0.6) is 5.75 Å². The van der Waals surface area contributed by atoms with Gasteiger partial charge in [-0.05, 0) is 50.3 Å². The molecule has 0 bridgehead atoms. The summed E-state index contributed by atoms with van der Waals surface area (Å²) >= 11 is 0. The largest absolute Gasteiger partial charge is 0.506 e. The molecular formula is C15H24N2O. The van der Waals surface area contributed by atoms with Gasteiger partial charge in [0.25, 0.3) is 0 Å². The summed E-state index contributed by atoms with van der Waals surface area (Å²) < 4.78 is 0. The molecule has 2 unspecified atom stereocenters. The minimum absolute atomic E-state index is 0.296. The Morgan fingerprint density at radius 1 is 1.39 bits per heavy atom. The van der Waals surface area contributed by atoms with E-state index >= 15 is 0 Å². The van der Waals surface area contributed by atoms with Crippen LogP contribution in [0.1, 0.15) is 44.0 Å². The Labute approximate surface area is 110 Å². The minimum atomic E-state index is 0.296. The Morgan fingerprint density at radius 3 is 3.00 bits per heavy atom. The standard InChI is InChI=1S/C15H24N2O/c1-11-4-3-5-13(8-11)9-16-10-14-15(18)7-6-12(2)17-14/h6-7,11,13,16,18H,3-5,8-10H2,1-2H3. The van der Waals surface area contributed by atoms with Gasteiger partial charge in [-0.3, -0.25) is 4.98 Å². The van der Waals surface area contributed by atoms with Crippen molar-refractivity contribution in [1.82, 2.24) is 10.3 Å². The zero-order valence-corrected chi connectivity index (χ0v) is 11.4. The molecule has 1 saturated carbocycles. The lowest BCUT2D eigenvalue weighted by atomic mass is 9.82. The normalized spacial score (nSPS) is 24.1. The number of hydrogen-bond donors (Lipinski definition) is 2. The molecule has 1 aliphatic rings. The van der Waals surface area contributed by atoms with Crippen LogP contribution in [0.4, 0.5) is 0 Å². The third kappa shape index (κ3) is 3.70. The monoisotopic (exact) mass is 248 g/mol. The molecule has 2 rings (SSSR count). The van der Waals surface area contributed by atoms with Crippen LogP contribution in [0.2, 0.25) is 0 Å². The van der Waals surface area contributed by atoms with Gasteiger partial charge < -0.3 is 10.4 Å². The van der Waals surface area contributed by atoms with Crippen LogP contribution in [0, 0.1) is 18.8 Å². The van der Waals surface area contributed by atoms with Crippen molar-refractivity contribution < 1.29 is 5.11 Å². The van der Waals surface area contributed by atoms with E-state index in [1.807, 2.05) is 13.0 Å². The van der Waals surface area contributed by atoms with Crippen molar-refractivity contribution in [3.63, 3.8) is 0 Å². The van der Waals surface area contributed by atoms with Crippen LogP contribution >= 0.6 is 0 Å². The predicted octanol–water partition coefficient (Wildman–Crippen LogP) is 3.01. The first-order chi connectivity index (χ1) is 8.65. The molecule has 0 radical (unpaired) electrons. The van der Waals surface area contributed by atoms with E-state index in [2.05, 4.69) is 17.2 Å². The molecule has 1 aliphatic carbocycles. The van der Waals surface area contributed by atoms with Crippen molar-refractivity contribution >= 4 is 0 Å². The first-order valence-electron chi connectivity index (χ1n) is 7.01. The summed E-state index contributed by atoms with van der Waals surface area (Å²) in [5.74, 6) is 1.96. The molecule has 1 heterocycles. The van der Waals surface area contributed by atoms with Crippen LogP contribution in [0.25, 0.3) is 0 Å². The highest BCUT2D eigenvalue weighted by molar-refractivity contribution is 5.27. The van der Waals surface area contributed by atoms with Gasteiger partial charge in [-0.2, -0.15) is 0 Å². The average Bonchev–Trinajstić information content (AvgIpc) is 2.34. The maximum absolute atomic E-state index is 9.71. The predicted molar refractivity (Wildman–Crippen MR) is 73.5 cm³/mol. The van der Waals surface area contributed by atoms with E-state index in [0.717, 1.165) is 29.8 Å². The van der Waals surface area contributed by atoms with Gasteiger partial charge in [0.2, 0.25) is 0 Å². The van der Waals surface area contributed by atoms with Gasteiger partial charge in [-0.15, -0.1) is 0 Å². The number of nitrogens with zero attached hydrogens (tertiary/aromatic N) is 1. The lowest BCUT2D eigenvalue weighted by Crippen LogP contribution is -2.26. The molecule has 0 aliphatic heterocycles. The Morgan fingerprint density at radius 2 is 2.22 bits per heavy atom. The highest BCUT2D eigenvalue weighted by Crippen LogP contribution is 2.28. The van der Waals surface area contributed by atoms with Gasteiger partial charge in [-0.25, -0.2) is 0 Å². The molecule has 18 heavy (non-hydrogen) atoms. The Kier molecular flexibility index (Phi) is 4.59. The lowest BCUT2D eigenvalue weighted by Gasteiger charge is -2.26. The van der Waals surface area contributed by atoms with E-state index in [1.54, 1.807) is 6.07 Å². The number of aromatic hydroxyl groups is 1. The van der Waals surface area contributed by atoms with E-state index in [1.165, 1.54) is 25.7 Å². The number of hydrogen-bond acceptors (Lipinski definition) is 3.